The fourth-order valence-electron chi connectivity index (χ4n) is 3.01. The molecule has 0 saturated carbocycles. The van der Waals surface area contributed by atoms with Gasteiger partial charge in [-0.2, -0.15) is 0 Å². The Hall–Kier alpha value is -3.11. The van der Waals surface area contributed by atoms with E-state index in [1.54, 1.807) is 18.6 Å². The molecule has 0 radical (unpaired) electrons. The second-order valence-electron chi connectivity index (χ2n) is 5.95. The van der Waals surface area contributed by atoms with E-state index in [1.807, 2.05) is 60.7 Å². The highest BCUT2D eigenvalue weighted by Crippen LogP contribution is 2.36. The number of phenols is 1. The van der Waals surface area contributed by atoms with Gasteiger partial charge in [0, 0.05) is 40.3 Å². The van der Waals surface area contributed by atoms with Crippen LogP contribution in [-0.4, -0.2) is 15.1 Å². The average Bonchev–Trinajstić information content (AvgIpc) is 2.68. The summed E-state index contributed by atoms with van der Waals surface area (Å²) in [6, 6.07) is 18.7. The Morgan fingerprint density at radius 1 is 0.962 bits per heavy atom. The van der Waals surface area contributed by atoms with Gasteiger partial charge in [-0.3, -0.25) is 9.97 Å². The van der Waals surface area contributed by atoms with Gasteiger partial charge in [-0.25, -0.2) is 0 Å². The molecule has 2 N–H and O–H groups in total. The summed E-state index contributed by atoms with van der Waals surface area (Å²) in [6.45, 7) is 0. The zero-order valence-corrected chi connectivity index (χ0v) is 14.6. The molecule has 0 aliphatic carbocycles. The number of nitrogens with one attached hydrogen (secondary N) is 1. The van der Waals surface area contributed by atoms with Gasteiger partial charge in [-0.1, -0.05) is 41.9 Å². The minimum absolute atomic E-state index is 0.159. The molecule has 0 amide bonds. The normalized spacial score (nSPS) is 12.0. The number of phenolic OH excluding ortho intramolecular Hbond substituents is 1. The zero-order valence-electron chi connectivity index (χ0n) is 13.8. The van der Waals surface area contributed by atoms with Crippen molar-refractivity contribution in [3.8, 4) is 5.75 Å². The zero-order chi connectivity index (χ0) is 17.9. The Balaban J connectivity index is 1.84. The molecule has 2 heterocycles. The topological polar surface area (TPSA) is 58.0 Å². The molecule has 4 nitrogen and oxygen atoms in total. The lowest BCUT2D eigenvalue weighted by molar-refractivity contribution is 0.471. The third-order valence-corrected chi connectivity index (χ3v) is 4.48. The number of anilines is 1. The third kappa shape index (κ3) is 3.19. The van der Waals surface area contributed by atoms with Crippen LogP contribution in [0.5, 0.6) is 5.75 Å². The number of hydrogen-bond donors (Lipinski definition) is 2. The number of halogens is 1. The Morgan fingerprint density at radius 3 is 2.65 bits per heavy atom. The molecular weight excluding hydrogens is 346 g/mol. The highest BCUT2D eigenvalue weighted by Gasteiger charge is 2.20. The maximum absolute atomic E-state index is 10.9. The van der Waals surface area contributed by atoms with Crippen molar-refractivity contribution in [1.82, 2.24) is 9.97 Å². The summed E-state index contributed by atoms with van der Waals surface area (Å²) in [5, 5.41) is 15.8. The number of benzene rings is 2. The molecule has 0 aliphatic heterocycles. The number of hydrogen-bond acceptors (Lipinski definition) is 4. The summed E-state index contributed by atoms with van der Waals surface area (Å²) in [7, 11) is 0. The maximum Gasteiger partial charge on any atom is 0.147 e. The molecule has 0 spiro atoms. The molecule has 1 atom stereocenters. The van der Waals surface area contributed by atoms with Crippen molar-refractivity contribution in [3.63, 3.8) is 0 Å². The van der Waals surface area contributed by atoms with Gasteiger partial charge < -0.3 is 10.4 Å². The van der Waals surface area contributed by atoms with Gasteiger partial charge in [-0.15, -0.1) is 0 Å². The summed E-state index contributed by atoms with van der Waals surface area (Å²) in [6.07, 6.45) is 5.18. The van der Waals surface area contributed by atoms with Crippen molar-refractivity contribution in [2.75, 3.05) is 5.32 Å². The smallest absolute Gasteiger partial charge is 0.147 e. The maximum atomic E-state index is 10.9. The Labute approximate surface area is 156 Å². The molecule has 0 unspecified atom stereocenters. The van der Waals surface area contributed by atoms with E-state index in [4.69, 9.17) is 11.6 Å². The van der Waals surface area contributed by atoms with Crippen LogP contribution < -0.4 is 5.32 Å². The van der Waals surface area contributed by atoms with Crippen molar-refractivity contribution in [3.05, 3.63) is 95.4 Å². The molecule has 0 bridgehead atoms. The van der Waals surface area contributed by atoms with E-state index in [9.17, 15) is 5.11 Å². The number of aromatic nitrogens is 2. The SMILES string of the molecule is Oc1c([C@H](Nc2cccc(Cl)c2)c2cccnc2)ccc2cccnc12. The quantitative estimate of drug-likeness (QED) is 0.525. The van der Waals surface area contributed by atoms with Crippen LogP contribution in [0.2, 0.25) is 5.02 Å². The molecule has 0 fully saturated rings. The van der Waals surface area contributed by atoms with Crippen LogP contribution >= 0.6 is 11.6 Å². The highest BCUT2D eigenvalue weighted by atomic mass is 35.5. The first kappa shape index (κ1) is 16.4. The first-order valence-electron chi connectivity index (χ1n) is 8.21. The fourth-order valence-corrected chi connectivity index (χ4v) is 3.20. The standard InChI is InChI=1S/C21H16ClN3O/c22-16-6-1-7-17(12-16)25-19(15-5-2-10-23-13-15)18-9-8-14-4-3-11-24-20(14)21(18)26/h1-13,19,25-26H/t19-/m1/s1. The number of pyridine rings is 2. The summed E-state index contributed by atoms with van der Waals surface area (Å²) in [5.41, 5.74) is 3.08. The molecule has 4 rings (SSSR count). The van der Waals surface area contributed by atoms with Crippen LogP contribution in [0.15, 0.2) is 79.3 Å². The van der Waals surface area contributed by atoms with Crippen molar-refractivity contribution >= 4 is 28.2 Å². The van der Waals surface area contributed by atoms with E-state index in [-0.39, 0.29) is 11.8 Å². The number of nitrogens with zero attached hydrogens (tertiary/aromatic N) is 2. The fraction of sp³-hybridized carbons (Fsp3) is 0.0476. The number of fused-ring (bicyclic) bond motifs is 1. The molecule has 4 aromatic rings. The van der Waals surface area contributed by atoms with Crippen LogP contribution in [0, 0.1) is 0 Å². The van der Waals surface area contributed by atoms with E-state index in [0.29, 0.717) is 10.5 Å². The van der Waals surface area contributed by atoms with Crippen molar-refractivity contribution in [2.45, 2.75) is 6.04 Å². The highest BCUT2D eigenvalue weighted by molar-refractivity contribution is 6.30. The van der Waals surface area contributed by atoms with Gasteiger partial charge in [0.1, 0.15) is 11.3 Å². The summed E-state index contributed by atoms with van der Waals surface area (Å²) in [4.78, 5) is 8.54. The molecule has 0 aliphatic rings. The van der Waals surface area contributed by atoms with Gasteiger partial charge in [-0.05, 0) is 35.9 Å². The van der Waals surface area contributed by atoms with E-state index >= 15 is 0 Å². The lowest BCUT2D eigenvalue weighted by atomic mass is 9.97. The van der Waals surface area contributed by atoms with Gasteiger partial charge in [0.05, 0.1) is 6.04 Å². The lowest BCUT2D eigenvalue weighted by Crippen LogP contribution is -2.13. The van der Waals surface area contributed by atoms with E-state index in [0.717, 1.165) is 22.2 Å². The summed E-state index contributed by atoms with van der Waals surface area (Å²) < 4.78 is 0. The minimum atomic E-state index is -0.298. The molecule has 0 saturated heterocycles. The Kier molecular flexibility index (Phi) is 4.42. The number of aromatic hydroxyl groups is 1. The first-order chi connectivity index (χ1) is 12.7. The van der Waals surface area contributed by atoms with Gasteiger partial charge in [0.15, 0.2) is 0 Å². The predicted octanol–water partition coefficient (Wildman–Crippen LogP) is 5.19. The predicted molar refractivity (Wildman–Crippen MR) is 105 cm³/mol. The average molecular weight is 362 g/mol. The van der Waals surface area contributed by atoms with E-state index in [2.05, 4.69) is 15.3 Å². The van der Waals surface area contributed by atoms with E-state index < -0.39 is 0 Å². The second kappa shape index (κ2) is 7.02. The van der Waals surface area contributed by atoms with Crippen LogP contribution in [0.25, 0.3) is 10.9 Å². The molecule has 26 heavy (non-hydrogen) atoms. The summed E-state index contributed by atoms with van der Waals surface area (Å²) in [5.74, 6) is 0.159. The second-order valence-corrected chi connectivity index (χ2v) is 6.39. The minimum Gasteiger partial charge on any atom is -0.505 e. The van der Waals surface area contributed by atoms with Gasteiger partial charge >= 0.3 is 0 Å². The van der Waals surface area contributed by atoms with Gasteiger partial charge in [0.25, 0.3) is 0 Å². The first-order valence-corrected chi connectivity index (χ1v) is 8.59. The summed E-state index contributed by atoms with van der Waals surface area (Å²) >= 11 is 6.12. The van der Waals surface area contributed by atoms with Crippen molar-refractivity contribution in [2.24, 2.45) is 0 Å². The Morgan fingerprint density at radius 2 is 1.85 bits per heavy atom. The monoisotopic (exact) mass is 361 g/mol. The number of rotatable bonds is 4. The molecule has 5 heteroatoms. The third-order valence-electron chi connectivity index (χ3n) is 4.24. The van der Waals surface area contributed by atoms with Crippen molar-refractivity contribution in [1.29, 1.82) is 0 Å². The van der Waals surface area contributed by atoms with Crippen molar-refractivity contribution < 1.29 is 5.11 Å². The van der Waals surface area contributed by atoms with Crippen LogP contribution in [0.3, 0.4) is 0 Å². The van der Waals surface area contributed by atoms with Crippen LogP contribution in [0.1, 0.15) is 17.2 Å². The molecule has 2 aromatic carbocycles. The van der Waals surface area contributed by atoms with Crippen LogP contribution in [0.4, 0.5) is 5.69 Å². The van der Waals surface area contributed by atoms with Crippen LogP contribution in [-0.2, 0) is 0 Å². The van der Waals surface area contributed by atoms with Gasteiger partial charge in [0.2, 0.25) is 0 Å². The lowest BCUT2D eigenvalue weighted by Gasteiger charge is -2.22. The largest absolute Gasteiger partial charge is 0.505 e. The molecule has 128 valence electrons. The molecular formula is C21H16ClN3O. The molecule has 2 aromatic heterocycles. The van der Waals surface area contributed by atoms with E-state index in [1.165, 1.54) is 0 Å². The Bertz CT molecular complexity index is 1050.